The van der Waals surface area contributed by atoms with Gasteiger partial charge in [0.25, 0.3) is 11.1 Å². The van der Waals surface area contributed by atoms with Crippen LogP contribution < -0.4 is 10.1 Å². The molecule has 1 aliphatic rings. The van der Waals surface area contributed by atoms with E-state index < -0.39 is 0 Å². The fourth-order valence-corrected chi connectivity index (χ4v) is 3.29. The van der Waals surface area contributed by atoms with Gasteiger partial charge in [-0.25, -0.2) is 0 Å². The summed E-state index contributed by atoms with van der Waals surface area (Å²) in [6.45, 7) is 1.97. The highest BCUT2D eigenvalue weighted by Crippen LogP contribution is 2.29. The van der Waals surface area contributed by atoms with Crippen LogP contribution in [0.15, 0.2) is 52.1 Å². The smallest absolute Gasteiger partial charge is 0.277 e. The van der Waals surface area contributed by atoms with Crippen LogP contribution in [0.1, 0.15) is 15.9 Å². The average molecular weight is 381 g/mol. The van der Waals surface area contributed by atoms with Gasteiger partial charge in [-0.1, -0.05) is 29.5 Å². The third-order valence-electron chi connectivity index (χ3n) is 3.93. The molecule has 2 aromatic carbocycles. The summed E-state index contributed by atoms with van der Waals surface area (Å²) in [6, 6.07) is 12.7. The Hall–Kier alpha value is -3.13. The fourth-order valence-electron chi connectivity index (χ4n) is 2.63. The number of ether oxygens (including phenoxy) is 1. The zero-order valence-corrected chi connectivity index (χ0v) is 15.2. The molecule has 3 aromatic rings. The lowest BCUT2D eigenvalue weighted by molar-refractivity contribution is -0.118. The summed E-state index contributed by atoms with van der Waals surface area (Å²) in [4.78, 5) is 23.8. The first kappa shape index (κ1) is 17.3. The number of carbonyl (C=O) groups excluding carboxylic acids is 2. The van der Waals surface area contributed by atoms with Gasteiger partial charge in [0, 0.05) is 11.1 Å². The molecule has 0 unspecified atom stereocenters. The van der Waals surface area contributed by atoms with Crippen LogP contribution in [0.25, 0.3) is 11.5 Å². The first-order chi connectivity index (χ1) is 13.1. The van der Waals surface area contributed by atoms with Crippen molar-refractivity contribution < 1.29 is 18.7 Å². The van der Waals surface area contributed by atoms with Gasteiger partial charge in [-0.2, -0.15) is 0 Å². The number of benzene rings is 2. The van der Waals surface area contributed by atoms with Gasteiger partial charge < -0.3 is 14.5 Å². The summed E-state index contributed by atoms with van der Waals surface area (Å²) in [5.41, 5.74) is 2.91. The van der Waals surface area contributed by atoms with Crippen LogP contribution in [-0.4, -0.2) is 34.2 Å². The molecule has 8 heteroatoms. The Labute approximate surface area is 159 Å². The van der Waals surface area contributed by atoms with Crippen LogP contribution in [0.2, 0.25) is 0 Å². The molecule has 2 heterocycles. The van der Waals surface area contributed by atoms with Crippen LogP contribution in [0.4, 0.5) is 5.69 Å². The van der Waals surface area contributed by atoms with Crippen LogP contribution in [0, 0.1) is 6.92 Å². The Morgan fingerprint density at radius 2 is 2.11 bits per heavy atom. The van der Waals surface area contributed by atoms with Gasteiger partial charge in [0.15, 0.2) is 12.4 Å². The second-order valence-corrected chi connectivity index (χ2v) is 6.93. The molecule has 136 valence electrons. The molecule has 0 saturated carbocycles. The molecule has 1 aliphatic heterocycles. The van der Waals surface area contributed by atoms with E-state index in [1.807, 2.05) is 31.2 Å². The topological polar surface area (TPSA) is 94.3 Å². The van der Waals surface area contributed by atoms with E-state index in [-0.39, 0.29) is 24.1 Å². The summed E-state index contributed by atoms with van der Waals surface area (Å²) in [6.07, 6.45) is 0. The largest absolute Gasteiger partial charge is 0.482 e. The maximum atomic E-state index is 12.4. The van der Waals surface area contributed by atoms with Crippen molar-refractivity contribution in [1.29, 1.82) is 0 Å². The molecule has 0 spiro atoms. The number of carbonyl (C=O) groups is 2. The summed E-state index contributed by atoms with van der Waals surface area (Å²) < 4.78 is 10.9. The molecule has 0 saturated heterocycles. The number of amides is 1. The predicted octanol–water partition coefficient (Wildman–Crippen LogP) is 3.35. The molecule has 0 radical (unpaired) electrons. The van der Waals surface area contributed by atoms with Crippen molar-refractivity contribution in [3.63, 3.8) is 0 Å². The number of Topliss-reactive ketones (excluding diaryl/α,β-unsaturated/α-hetero) is 1. The molecule has 1 aromatic heterocycles. The highest BCUT2D eigenvalue weighted by atomic mass is 32.2. The Kier molecular flexibility index (Phi) is 4.64. The summed E-state index contributed by atoms with van der Waals surface area (Å²) in [7, 11) is 0. The summed E-state index contributed by atoms with van der Waals surface area (Å²) in [5.74, 6) is 0.762. The summed E-state index contributed by atoms with van der Waals surface area (Å²) in [5, 5.41) is 11.0. The first-order valence-electron chi connectivity index (χ1n) is 8.22. The van der Waals surface area contributed by atoms with E-state index in [2.05, 4.69) is 15.5 Å². The van der Waals surface area contributed by atoms with Gasteiger partial charge >= 0.3 is 0 Å². The Bertz CT molecular complexity index is 1030. The zero-order chi connectivity index (χ0) is 18.8. The minimum atomic E-state index is -0.240. The van der Waals surface area contributed by atoms with Crippen molar-refractivity contribution in [3.05, 3.63) is 53.6 Å². The van der Waals surface area contributed by atoms with Gasteiger partial charge in [-0.3, -0.25) is 9.59 Å². The van der Waals surface area contributed by atoms with Crippen LogP contribution in [0.5, 0.6) is 5.75 Å². The Balaban J connectivity index is 1.43. The lowest BCUT2D eigenvalue weighted by Crippen LogP contribution is -2.25. The number of thioether (sulfide) groups is 1. The third kappa shape index (κ3) is 3.85. The van der Waals surface area contributed by atoms with E-state index in [4.69, 9.17) is 9.15 Å². The van der Waals surface area contributed by atoms with Crippen molar-refractivity contribution in [2.75, 3.05) is 17.7 Å². The van der Waals surface area contributed by atoms with Crippen LogP contribution >= 0.6 is 11.8 Å². The number of rotatable bonds is 5. The van der Waals surface area contributed by atoms with E-state index in [1.165, 1.54) is 11.8 Å². The van der Waals surface area contributed by atoms with Crippen molar-refractivity contribution >= 4 is 29.1 Å². The van der Waals surface area contributed by atoms with Gasteiger partial charge in [-0.05, 0) is 37.3 Å². The number of hydrogen-bond acceptors (Lipinski definition) is 7. The molecular weight excluding hydrogens is 366 g/mol. The average Bonchev–Trinajstić information content (AvgIpc) is 3.14. The van der Waals surface area contributed by atoms with Crippen molar-refractivity contribution in [3.8, 4) is 17.2 Å². The number of nitrogens with one attached hydrogen (secondary N) is 1. The quantitative estimate of drug-likeness (QED) is 0.535. The van der Waals surface area contributed by atoms with E-state index in [9.17, 15) is 9.59 Å². The highest BCUT2D eigenvalue weighted by molar-refractivity contribution is 7.99. The van der Waals surface area contributed by atoms with Crippen LogP contribution in [0.3, 0.4) is 0 Å². The lowest BCUT2D eigenvalue weighted by atomic mass is 10.1. The minimum Gasteiger partial charge on any atom is -0.482 e. The van der Waals surface area contributed by atoms with Gasteiger partial charge in [0.2, 0.25) is 5.89 Å². The number of ketones is 1. The maximum Gasteiger partial charge on any atom is 0.277 e. The molecule has 27 heavy (non-hydrogen) atoms. The highest BCUT2D eigenvalue weighted by Gasteiger charge is 2.18. The number of hydrogen-bond donors (Lipinski definition) is 1. The van der Waals surface area contributed by atoms with Gasteiger partial charge in [0.1, 0.15) is 5.75 Å². The standard InChI is InChI=1S/C19H15N3O4S/c1-11-3-2-4-13(7-11)18-21-22-19(26-18)27-10-15(23)12-5-6-16-14(8-12)20-17(24)9-25-16/h2-8H,9-10H2,1H3,(H,20,24). The second kappa shape index (κ2) is 7.24. The molecule has 0 aliphatic carbocycles. The minimum absolute atomic E-state index is 0.0173. The molecule has 7 nitrogen and oxygen atoms in total. The van der Waals surface area contributed by atoms with Crippen molar-refractivity contribution in [2.24, 2.45) is 0 Å². The van der Waals surface area contributed by atoms with E-state index in [0.717, 1.165) is 11.1 Å². The molecule has 4 rings (SSSR count). The zero-order valence-electron chi connectivity index (χ0n) is 14.4. The lowest BCUT2D eigenvalue weighted by Gasteiger charge is -2.18. The molecular formula is C19H15N3O4S. The third-order valence-corrected chi connectivity index (χ3v) is 4.75. The molecule has 1 amide bonds. The number of fused-ring (bicyclic) bond motifs is 1. The van der Waals surface area contributed by atoms with E-state index in [1.54, 1.807) is 18.2 Å². The van der Waals surface area contributed by atoms with Crippen molar-refractivity contribution in [2.45, 2.75) is 12.1 Å². The maximum absolute atomic E-state index is 12.4. The second-order valence-electron chi connectivity index (χ2n) is 6.00. The summed E-state index contributed by atoms with van der Waals surface area (Å²) >= 11 is 1.17. The van der Waals surface area contributed by atoms with Gasteiger partial charge in [-0.15, -0.1) is 10.2 Å². The molecule has 0 fully saturated rings. The van der Waals surface area contributed by atoms with E-state index in [0.29, 0.717) is 28.1 Å². The number of aromatic nitrogens is 2. The predicted molar refractivity (Wildman–Crippen MR) is 100 cm³/mol. The monoisotopic (exact) mass is 381 g/mol. The molecule has 1 N–H and O–H groups in total. The van der Waals surface area contributed by atoms with E-state index >= 15 is 0 Å². The molecule has 0 bridgehead atoms. The Morgan fingerprint density at radius 1 is 1.22 bits per heavy atom. The first-order valence-corrected chi connectivity index (χ1v) is 9.20. The number of anilines is 1. The SMILES string of the molecule is Cc1cccc(-c2nnc(SCC(=O)c3ccc4c(c3)NC(=O)CO4)o2)c1. The normalized spacial score (nSPS) is 12.9. The fraction of sp³-hybridized carbons (Fsp3) is 0.158. The molecule has 0 atom stereocenters. The number of aryl methyl sites for hydroxylation is 1. The van der Waals surface area contributed by atoms with Crippen molar-refractivity contribution in [1.82, 2.24) is 10.2 Å². The van der Waals surface area contributed by atoms with Gasteiger partial charge in [0.05, 0.1) is 11.4 Å². The number of nitrogens with zero attached hydrogens (tertiary/aromatic N) is 2. The Morgan fingerprint density at radius 3 is 2.96 bits per heavy atom. The van der Waals surface area contributed by atoms with Crippen LogP contribution in [-0.2, 0) is 4.79 Å².